The lowest BCUT2D eigenvalue weighted by Gasteiger charge is -2.24. The molecular weight excluding hydrogens is 214 g/mol. The number of carbonyl (C=O) groups is 1. The zero-order chi connectivity index (χ0) is 12.3. The minimum absolute atomic E-state index is 0.400. The molecule has 0 unspecified atom stereocenters. The van der Waals surface area contributed by atoms with Crippen LogP contribution in [0.15, 0.2) is 29.4 Å². The maximum Gasteiger partial charge on any atom is 0.332 e. The van der Waals surface area contributed by atoms with Gasteiger partial charge in [-0.25, -0.2) is 10.2 Å². The highest BCUT2D eigenvalue weighted by Crippen LogP contribution is 2.26. The number of carbonyl (C=O) groups excluding carboxylic acids is 1. The molecule has 0 fully saturated rings. The summed E-state index contributed by atoms with van der Waals surface area (Å²) in [6.07, 6.45) is 3.14. The molecule has 4 nitrogen and oxygen atoms in total. The summed E-state index contributed by atoms with van der Waals surface area (Å²) in [5, 5.41) is 4.01. The fraction of sp³-hybridized carbons (Fsp3) is 0.385. The summed E-state index contributed by atoms with van der Waals surface area (Å²) in [7, 11) is 0. The van der Waals surface area contributed by atoms with E-state index in [1.54, 1.807) is 0 Å². The van der Waals surface area contributed by atoms with Crippen molar-refractivity contribution in [2.24, 2.45) is 16.8 Å². The second kappa shape index (κ2) is 4.99. The van der Waals surface area contributed by atoms with Crippen LogP contribution in [-0.4, -0.2) is 11.7 Å². The van der Waals surface area contributed by atoms with E-state index < -0.39 is 6.03 Å². The quantitative estimate of drug-likeness (QED) is 0.592. The summed E-state index contributed by atoms with van der Waals surface area (Å²) in [5.41, 5.74) is 11.0. The first kappa shape index (κ1) is 11.6. The van der Waals surface area contributed by atoms with E-state index in [2.05, 4.69) is 34.8 Å². The Kier molecular flexibility index (Phi) is 3.42. The Morgan fingerprint density at radius 3 is 2.82 bits per heavy atom. The Labute approximate surface area is 101 Å². The van der Waals surface area contributed by atoms with Crippen molar-refractivity contribution in [3.05, 3.63) is 35.4 Å². The van der Waals surface area contributed by atoms with Crippen molar-refractivity contribution in [2.75, 3.05) is 0 Å². The van der Waals surface area contributed by atoms with Gasteiger partial charge in [-0.1, -0.05) is 24.3 Å². The average molecular weight is 231 g/mol. The predicted molar refractivity (Wildman–Crippen MR) is 67.8 cm³/mol. The number of nitrogens with one attached hydrogen (secondary N) is 1. The Balaban J connectivity index is 2.07. The van der Waals surface area contributed by atoms with E-state index in [9.17, 15) is 4.79 Å². The molecule has 0 radical (unpaired) electrons. The largest absolute Gasteiger partial charge is 0.350 e. The van der Waals surface area contributed by atoms with Gasteiger partial charge in [0.25, 0.3) is 0 Å². The minimum Gasteiger partial charge on any atom is -0.350 e. The number of rotatable bonds is 2. The van der Waals surface area contributed by atoms with Gasteiger partial charge < -0.3 is 5.73 Å². The van der Waals surface area contributed by atoms with Crippen molar-refractivity contribution < 1.29 is 4.79 Å². The van der Waals surface area contributed by atoms with Gasteiger partial charge >= 0.3 is 6.03 Å². The second-order valence-corrected chi connectivity index (χ2v) is 4.44. The van der Waals surface area contributed by atoms with Crippen LogP contribution in [0.5, 0.6) is 0 Å². The zero-order valence-corrected chi connectivity index (χ0v) is 9.94. The number of benzene rings is 1. The van der Waals surface area contributed by atoms with Crippen molar-refractivity contribution in [1.29, 1.82) is 0 Å². The van der Waals surface area contributed by atoms with Crippen molar-refractivity contribution in [2.45, 2.75) is 26.2 Å². The predicted octanol–water partition coefficient (Wildman–Crippen LogP) is 1.84. The van der Waals surface area contributed by atoms with Gasteiger partial charge in [-0.15, -0.1) is 0 Å². The molecule has 0 saturated carbocycles. The Hall–Kier alpha value is -1.84. The molecule has 90 valence electrons. The number of hydrazone groups is 1. The van der Waals surface area contributed by atoms with E-state index in [0.29, 0.717) is 5.92 Å². The van der Waals surface area contributed by atoms with Crippen LogP contribution >= 0.6 is 0 Å². The summed E-state index contributed by atoms with van der Waals surface area (Å²) in [4.78, 5) is 10.6. The standard InChI is InChI=1S/C13H17N3O/c1-9(15-16-13(14)17)11-7-6-10-4-2-3-5-12(10)8-11/h2-5,11H,6-8H2,1H3,(H3,14,16,17)/b15-9-/t11-/m1/s1. The van der Waals surface area contributed by atoms with Crippen LogP contribution in [0.25, 0.3) is 0 Å². The monoisotopic (exact) mass is 231 g/mol. The maximum atomic E-state index is 10.6. The fourth-order valence-corrected chi connectivity index (χ4v) is 2.29. The van der Waals surface area contributed by atoms with Crippen LogP contribution in [0.4, 0.5) is 4.79 Å². The van der Waals surface area contributed by atoms with Crippen LogP contribution < -0.4 is 11.2 Å². The molecule has 1 aliphatic carbocycles. The smallest absolute Gasteiger partial charge is 0.332 e. The van der Waals surface area contributed by atoms with Gasteiger partial charge in [0.15, 0.2) is 0 Å². The van der Waals surface area contributed by atoms with E-state index in [4.69, 9.17) is 5.73 Å². The van der Waals surface area contributed by atoms with Gasteiger partial charge in [0, 0.05) is 11.6 Å². The number of nitrogens with zero attached hydrogens (tertiary/aromatic N) is 1. The number of nitrogens with two attached hydrogens (primary N) is 1. The molecule has 0 bridgehead atoms. The third-order valence-corrected chi connectivity index (χ3v) is 3.28. The molecule has 4 heteroatoms. The van der Waals surface area contributed by atoms with Crippen molar-refractivity contribution in [1.82, 2.24) is 5.43 Å². The number of hydrogen-bond donors (Lipinski definition) is 2. The SMILES string of the molecule is C/C(=N/NC(N)=O)[C@@H]1CCc2ccccc2C1. The van der Waals surface area contributed by atoms with E-state index in [1.165, 1.54) is 11.1 Å². The highest BCUT2D eigenvalue weighted by atomic mass is 16.2. The maximum absolute atomic E-state index is 10.6. The van der Waals surface area contributed by atoms with Gasteiger partial charge in [0.1, 0.15) is 0 Å². The molecular formula is C13H17N3O. The van der Waals surface area contributed by atoms with Crippen molar-refractivity contribution >= 4 is 11.7 Å². The summed E-state index contributed by atoms with van der Waals surface area (Å²) in [5.74, 6) is 0.400. The highest BCUT2D eigenvalue weighted by Gasteiger charge is 2.20. The summed E-state index contributed by atoms with van der Waals surface area (Å²) in [6, 6.07) is 7.88. The lowest BCUT2D eigenvalue weighted by Crippen LogP contribution is -2.28. The van der Waals surface area contributed by atoms with Crippen molar-refractivity contribution in [3.63, 3.8) is 0 Å². The lowest BCUT2D eigenvalue weighted by atomic mass is 9.82. The van der Waals surface area contributed by atoms with Crippen LogP contribution in [-0.2, 0) is 12.8 Å². The van der Waals surface area contributed by atoms with E-state index in [1.807, 2.05) is 6.92 Å². The summed E-state index contributed by atoms with van der Waals surface area (Å²) < 4.78 is 0. The van der Waals surface area contributed by atoms with Crippen LogP contribution in [0.1, 0.15) is 24.5 Å². The molecule has 1 aromatic rings. The third kappa shape index (κ3) is 2.84. The molecule has 0 saturated heterocycles. The molecule has 2 amide bonds. The average Bonchev–Trinajstić information content (AvgIpc) is 2.35. The Morgan fingerprint density at radius 1 is 1.41 bits per heavy atom. The van der Waals surface area contributed by atoms with Crippen LogP contribution in [0, 0.1) is 5.92 Å². The third-order valence-electron chi connectivity index (χ3n) is 3.28. The second-order valence-electron chi connectivity index (χ2n) is 4.44. The number of fused-ring (bicyclic) bond motifs is 1. The number of amides is 2. The highest BCUT2D eigenvalue weighted by molar-refractivity contribution is 5.86. The topological polar surface area (TPSA) is 67.5 Å². The Bertz CT molecular complexity index is 454. The number of hydrogen-bond acceptors (Lipinski definition) is 2. The van der Waals surface area contributed by atoms with E-state index in [-0.39, 0.29) is 0 Å². The van der Waals surface area contributed by atoms with E-state index in [0.717, 1.165) is 25.0 Å². The van der Waals surface area contributed by atoms with Gasteiger partial charge in [-0.05, 0) is 37.3 Å². The van der Waals surface area contributed by atoms with Crippen molar-refractivity contribution in [3.8, 4) is 0 Å². The molecule has 17 heavy (non-hydrogen) atoms. The van der Waals surface area contributed by atoms with Crippen LogP contribution in [0.2, 0.25) is 0 Å². The fourth-order valence-electron chi connectivity index (χ4n) is 2.29. The molecule has 0 heterocycles. The summed E-state index contributed by atoms with van der Waals surface area (Å²) >= 11 is 0. The van der Waals surface area contributed by atoms with E-state index >= 15 is 0 Å². The molecule has 1 atom stereocenters. The number of primary amides is 1. The van der Waals surface area contributed by atoms with Gasteiger partial charge in [0.2, 0.25) is 0 Å². The molecule has 2 rings (SSSR count). The first-order chi connectivity index (χ1) is 8.16. The number of urea groups is 1. The first-order valence-corrected chi connectivity index (χ1v) is 5.83. The lowest BCUT2D eigenvalue weighted by molar-refractivity contribution is 0.249. The minimum atomic E-state index is -0.611. The van der Waals surface area contributed by atoms with Gasteiger partial charge in [-0.3, -0.25) is 0 Å². The van der Waals surface area contributed by atoms with Crippen LogP contribution in [0.3, 0.4) is 0 Å². The molecule has 0 aromatic heterocycles. The molecule has 1 aliphatic rings. The zero-order valence-electron chi connectivity index (χ0n) is 9.94. The first-order valence-electron chi connectivity index (χ1n) is 5.83. The van der Waals surface area contributed by atoms with Gasteiger partial charge in [-0.2, -0.15) is 5.10 Å². The Morgan fingerprint density at radius 2 is 2.12 bits per heavy atom. The molecule has 3 N–H and O–H groups in total. The number of aryl methyl sites for hydroxylation is 1. The normalized spacial score (nSPS) is 19.6. The molecule has 1 aromatic carbocycles. The molecule has 0 aliphatic heterocycles. The summed E-state index contributed by atoms with van der Waals surface area (Å²) in [6.45, 7) is 1.94. The molecule has 0 spiro atoms. The van der Waals surface area contributed by atoms with Gasteiger partial charge in [0.05, 0.1) is 0 Å².